The number of hydrogen-bond donors (Lipinski definition) is 0. The summed E-state index contributed by atoms with van der Waals surface area (Å²) in [5, 5.41) is 12.9. The zero-order valence-corrected chi connectivity index (χ0v) is 16.4. The lowest BCUT2D eigenvalue weighted by Crippen LogP contribution is -2.22. The minimum Gasteiger partial charge on any atom is -0.365 e. The highest BCUT2D eigenvalue weighted by Gasteiger charge is 2.29. The van der Waals surface area contributed by atoms with Crippen molar-refractivity contribution >= 4 is 0 Å². The van der Waals surface area contributed by atoms with Gasteiger partial charge in [-0.3, -0.25) is 0 Å². The normalized spacial score (nSPS) is 20.3. The van der Waals surface area contributed by atoms with Crippen molar-refractivity contribution in [1.82, 2.24) is 25.1 Å². The summed E-state index contributed by atoms with van der Waals surface area (Å²) in [5.74, 6) is 1.67. The van der Waals surface area contributed by atoms with Crippen molar-refractivity contribution in [2.75, 3.05) is 0 Å². The molecule has 1 fully saturated rings. The van der Waals surface area contributed by atoms with Crippen LogP contribution in [0.3, 0.4) is 0 Å². The molecular formula is C21H25N5O2. The average molecular weight is 379 g/mol. The van der Waals surface area contributed by atoms with E-state index in [4.69, 9.17) is 9.26 Å². The van der Waals surface area contributed by atoms with Gasteiger partial charge in [0.05, 0.1) is 18.8 Å². The molecule has 2 aliphatic rings. The first-order valence-electron chi connectivity index (χ1n) is 10.1. The van der Waals surface area contributed by atoms with Gasteiger partial charge in [-0.1, -0.05) is 53.4 Å². The van der Waals surface area contributed by atoms with E-state index >= 15 is 0 Å². The molecule has 0 saturated heterocycles. The van der Waals surface area contributed by atoms with E-state index < -0.39 is 0 Å². The molecule has 1 aromatic carbocycles. The predicted molar refractivity (Wildman–Crippen MR) is 103 cm³/mol. The maximum atomic E-state index is 6.16. The van der Waals surface area contributed by atoms with Crippen molar-refractivity contribution < 1.29 is 9.26 Å². The Morgan fingerprint density at radius 2 is 1.96 bits per heavy atom. The molecule has 0 spiro atoms. The van der Waals surface area contributed by atoms with E-state index in [1.54, 1.807) is 0 Å². The van der Waals surface area contributed by atoms with Crippen molar-refractivity contribution in [3.05, 3.63) is 46.4 Å². The number of ether oxygens (including phenoxy) is 1. The van der Waals surface area contributed by atoms with E-state index in [-0.39, 0.29) is 6.10 Å². The number of nitrogens with zero attached hydrogens (tertiary/aromatic N) is 5. The monoisotopic (exact) mass is 379 g/mol. The molecule has 1 aliphatic carbocycles. The molecule has 0 bridgehead atoms. The van der Waals surface area contributed by atoms with Gasteiger partial charge in [-0.05, 0) is 37.8 Å². The van der Waals surface area contributed by atoms with Crippen LogP contribution in [0.1, 0.15) is 72.3 Å². The summed E-state index contributed by atoms with van der Waals surface area (Å²) in [4.78, 5) is 4.64. The molecule has 2 aromatic heterocycles. The SMILES string of the molecule is Cc1ccc(C2Cn3nnc(-c4nc(C5CCCCC5)no4)c3CO2)c(C)c1. The number of aromatic nitrogens is 5. The van der Waals surface area contributed by atoms with E-state index in [0.29, 0.717) is 30.7 Å². The third kappa shape index (κ3) is 3.13. The zero-order valence-electron chi connectivity index (χ0n) is 16.4. The van der Waals surface area contributed by atoms with Crippen LogP contribution in [-0.4, -0.2) is 25.1 Å². The zero-order chi connectivity index (χ0) is 19.1. The van der Waals surface area contributed by atoms with Gasteiger partial charge < -0.3 is 9.26 Å². The largest absolute Gasteiger partial charge is 0.365 e. The summed E-state index contributed by atoms with van der Waals surface area (Å²) < 4.78 is 13.6. The molecule has 0 N–H and O–H groups in total. The maximum Gasteiger partial charge on any atom is 0.280 e. The summed E-state index contributed by atoms with van der Waals surface area (Å²) in [6.07, 6.45) is 6.03. The Kier molecular flexibility index (Phi) is 4.47. The Balaban J connectivity index is 1.38. The molecule has 1 aliphatic heterocycles. The fourth-order valence-electron chi connectivity index (χ4n) is 4.41. The second kappa shape index (κ2) is 7.13. The Labute approximate surface area is 164 Å². The van der Waals surface area contributed by atoms with Crippen LogP contribution in [0.25, 0.3) is 11.6 Å². The first kappa shape index (κ1) is 17.6. The van der Waals surface area contributed by atoms with Gasteiger partial charge in [0, 0.05) is 5.92 Å². The number of hydrogen-bond acceptors (Lipinski definition) is 6. The third-order valence-corrected chi connectivity index (χ3v) is 5.98. The van der Waals surface area contributed by atoms with Gasteiger partial charge in [0.2, 0.25) is 0 Å². The minimum atomic E-state index is -0.0249. The highest BCUT2D eigenvalue weighted by Crippen LogP contribution is 2.34. The highest BCUT2D eigenvalue weighted by atomic mass is 16.5. The van der Waals surface area contributed by atoms with Crippen molar-refractivity contribution in [2.45, 2.75) is 71.1 Å². The molecule has 1 atom stereocenters. The average Bonchev–Trinajstić information content (AvgIpc) is 3.35. The van der Waals surface area contributed by atoms with Crippen LogP contribution < -0.4 is 0 Å². The molecule has 7 heteroatoms. The van der Waals surface area contributed by atoms with Gasteiger partial charge in [-0.25, -0.2) is 4.68 Å². The first-order chi connectivity index (χ1) is 13.7. The molecule has 1 saturated carbocycles. The van der Waals surface area contributed by atoms with Gasteiger partial charge >= 0.3 is 0 Å². The standard InChI is InChI=1S/C21H25N5O2/c1-13-8-9-16(14(2)10-13)18-11-26-17(12-27-18)19(23-25-26)21-22-20(24-28-21)15-6-4-3-5-7-15/h8-10,15,18H,3-7,11-12H2,1-2H3. The van der Waals surface area contributed by atoms with Crippen LogP contribution in [-0.2, 0) is 17.9 Å². The molecule has 5 rings (SSSR count). The van der Waals surface area contributed by atoms with E-state index in [0.717, 1.165) is 24.4 Å². The Morgan fingerprint density at radius 1 is 1.11 bits per heavy atom. The van der Waals surface area contributed by atoms with Gasteiger partial charge in [-0.2, -0.15) is 4.98 Å². The third-order valence-electron chi connectivity index (χ3n) is 5.98. The van der Waals surface area contributed by atoms with Gasteiger partial charge in [0.15, 0.2) is 11.5 Å². The number of fused-ring (bicyclic) bond motifs is 1. The van der Waals surface area contributed by atoms with E-state index in [9.17, 15) is 0 Å². The Morgan fingerprint density at radius 3 is 2.79 bits per heavy atom. The fourth-order valence-corrected chi connectivity index (χ4v) is 4.41. The highest BCUT2D eigenvalue weighted by molar-refractivity contribution is 5.50. The lowest BCUT2D eigenvalue weighted by atomic mass is 9.89. The first-order valence-corrected chi connectivity index (χ1v) is 10.1. The van der Waals surface area contributed by atoms with E-state index in [1.165, 1.54) is 36.0 Å². The summed E-state index contributed by atoms with van der Waals surface area (Å²) in [7, 11) is 0. The quantitative estimate of drug-likeness (QED) is 0.676. The van der Waals surface area contributed by atoms with Crippen molar-refractivity contribution in [3.8, 4) is 11.6 Å². The second-order valence-corrected chi connectivity index (χ2v) is 8.02. The molecule has 3 heterocycles. The molecule has 0 radical (unpaired) electrons. The van der Waals surface area contributed by atoms with Gasteiger partial charge in [0.1, 0.15) is 6.10 Å². The lowest BCUT2D eigenvalue weighted by molar-refractivity contribution is -0.00153. The summed E-state index contributed by atoms with van der Waals surface area (Å²) in [6, 6.07) is 6.46. The molecule has 28 heavy (non-hydrogen) atoms. The molecular weight excluding hydrogens is 354 g/mol. The predicted octanol–water partition coefficient (Wildman–Crippen LogP) is 4.26. The lowest BCUT2D eigenvalue weighted by Gasteiger charge is -2.25. The van der Waals surface area contributed by atoms with Gasteiger partial charge in [0.25, 0.3) is 5.89 Å². The molecule has 7 nitrogen and oxygen atoms in total. The van der Waals surface area contributed by atoms with Crippen molar-refractivity contribution in [3.63, 3.8) is 0 Å². The molecule has 3 aromatic rings. The Bertz CT molecular complexity index is 987. The summed E-state index contributed by atoms with van der Waals surface area (Å²) >= 11 is 0. The van der Waals surface area contributed by atoms with E-state index in [1.807, 2.05) is 4.68 Å². The number of rotatable bonds is 3. The van der Waals surface area contributed by atoms with Crippen LogP contribution in [0.5, 0.6) is 0 Å². The second-order valence-electron chi connectivity index (χ2n) is 8.02. The van der Waals surface area contributed by atoms with Gasteiger partial charge in [-0.15, -0.1) is 5.10 Å². The van der Waals surface area contributed by atoms with E-state index in [2.05, 4.69) is 52.5 Å². The summed E-state index contributed by atoms with van der Waals surface area (Å²) in [5.41, 5.74) is 5.24. The Hall–Kier alpha value is -2.54. The van der Waals surface area contributed by atoms with Crippen LogP contribution in [0.4, 0.5) is 0 Å². The van der Waals surface area contributed by atoms with Crippen LogP contribution in [0.2, 0.25) is 0 Å². The van der Waals surface area contributed by atoms with Crippen molar-refractivity contribution in [1.29, 1.82) is 0 Å². The topological polar surface area (TPSA) is 78.9 Å². The van der Waals surface area contributed by atoms with Crippen molar-refractivity contribution in [2.24, 2.45) is 0 Å². The van der Waals surface area contributed by atoms with Crippen LogP contribution >= 0.6 is 0 Å². The minimum absolute atomic E-state index is 0.0249. The molecule has 1 unspecified atom stereocenters. The number of benzene rings is 1. The molecule has 0 amide bonds. The maximum absolute atomic E-state index is 6.16. The summed E-state index contributed by atoms with van der Waals surface area (Å²) in [6.45, 7) is 5.29. The molecule has 146 valence electrons. The smallest absolute Gasteiger partial charge is 0.280 e. The van der Waals surface area contributed by atoms with Crippen LogP contribution in [0, 0.1) is 13.8 Å². The van der Waals surface area contributed by atoms with Crippen LogP contribution in [0.15, 0.2) is 22.7 Å². The number of aryl methyl sites for hydroxylation is 2. The fraction of sp³-hybridized carbons (Fsp3) is 0.524.